The first-order chi connectivity index (χ1) is 9.85. The van der Waals surface area contributed by atoms with Gasteiger partial charge in [0.15, 0.2) is 0 Å². The highest BCUT2D eigenvalue weighted by Crippen LogP contribution is 2.29. The molecular weight excluding hydrogens is 284 g/mol. The van der Waals surface area contributed by atoms with Crippen LogP contribution in [0.2, 0.25) is 5.02 Å². The van der Waals surface area contributed by atoms with E-state index >= 15 is 0 Å². The van der Waals surface area contributed by atoms with Gasteiger partial charge < -0.3 is 10.1 Å². The quantitative estimate of drug-likeness (QED) is 0.774. The lowest BCUT2D eigenvalue weighted by atomic mass is 9.92. The lowest BCUT2D eigenvalue weighted by Crippen LogP contribution is -2.20. The van der Waals surface area contributed by atoms with Crippen LogP contribution in [0.1, 0.15) is 39.7 Å². The molecule has 21 heavy (non-hydrogen) atoms. The highest BCUT2D eigenvalue weighted by Gasteiger charge is 2.17. The molecule has 0 fully saturated rings. The van der Waals surface area contributed by atoms with E-state index in [2.05, 4.69) is 25.2 Å². The Morgan fingerprint density at radius 2 is 2.10 bits per heavy atom. The third-order valence-electron chi connectivity index (χ3n) is 3.19. The molecule has 0 radical (unpaired) electrons. The molecule has 1 N–H and O–H groups in total. The molecule has 1 aromatic carbocycles. The lowest BCUT2D eigenvalue weighted by molar-refractivity contribution is 0.262. The predicted octanol–water partition coefficient (Wildman–Crippen LogP) is 4.40. The van der Waals surface area contributed by atoms with Crippen molar-refractivity contribution in [3.8, 4) is 11.8 Å². The number of rotatable bonds is 8. The fourth-order valence-electron chi connectivity index (χ4n) is 1.81. The van der Waals surface area contributed by atoms with Gasteiger partial charge in [-0.3, -0.25) is 0 Å². The van der Waals surface area contributed by atoms with Gasteiger partial charge in [-0.15, -0.1) is 0 Å². The number of nitriles is 1. The second-order valence-corrected chi connectivity index (χ2v) is 6.75. The van der Waals surface area contributed by atoms with Crippen LogP contribution in [-0.4, -0.2) is 13.2 Å². The number of nitrogens with zero attached hydrogens (tertiary/aromatic N) is 1. The van der Waals surface area contributed by atoms with Crippen LogP contribution in [0.25, 0.3) is 0 Å². The van der Waals surface area contributed by atoms with Crippen LogP contribution in [0, 0.1) is 22.7 Å². The van der Waals surface area contributed by atoms with Crippen LogP contribution in [0.3, 0.4) is 0 Å². The van der Waals surface area contributed by atoms with Gasteiger partial charge in [-0.1, -0.05) is 37.6 Å². The number of nitrogens with one attached hydrogen (secondary N) is 1. The van der Waals surface area contributed by atoms with Crippen molar-refractivity contribution in [1.82, 2.24) is 5.32 Å². The van der Waals surface area contributed by atoms with Gasteiger partial charge in [0.25, 0.3) is 0 Å². The van der Waals surface area contributed by atoms with Crippen molar-refractivity contribution in [1.29, 1.82) is 5.26 Å². The van der Waals surface area contributed by atoms with Crippen molar-refractivity contribution >= 4 is 11.6 Å². The minimum Gasteiger partial charge on any atom is -0.492 e. The summed E-state index contributed by atoms with van der Waals surface area (Å²) in [6.07, 6.45) is 0.674. The third kappa shape index (κ3) is 6.37. The Balaban J connectivity index is 2.65. The molecule has 1 rings (SSSR count). The van der Waals surface area contributed by atoms with Crippen molar-refractivity contribution in [2.75, 3.05) is 13.2 Å². The van der Waals surface area contributed by atoms with E-state index < -0.39 is 0 Å². The van der Waals surface area contributed by atoms with E-state index in [0.29, 0.717) is 24.0 Å². The smallest absolute Gasteiger partial charge is 0.142 e. The van der Waals surface area contributed by atoms with Gasteiger partial charge in [0.1, 0.15) is 5.75 Å². The second kappa shape index (κ2) is 8.26. The predicted molar refractivity (Wildman–Crippen MR) is 87.5 cm³/mol. The van der Waals surface area contributed by atoms with Crippen molar-refractivity contribution in [3.63, 3.8) is 0 Å². The van der Waals surface area contributed by atoms with Crippen LogP contribution in [0.15, 0.2) is 18.2 Å². The maximum Gasteiger partial charge on any atom is 0.142 e. The monoisotopic (exact) mass is 308 g/mol. The second-order valence-electron chi connectivity index (χ2n) is 6.35. The summed E-state index contributed by atoms with van der Waals surface area (Å²) < 4.78 is 5.84. The number of para-hydroxylation sites is 1. The van der Waals surface area contributed by atoms with Gasteiger partial charge in [-0.05, 0) is 38.8 Å². The van der Waals surface area contributed by atoms with E-state index in [4.69, 9.17) is 21.6 Å². The highest BCUT2D eigenvalue weighted by molar-refractivity contribution is 6.32. The van der Waals surface area contributed by atoms with E-state index in [1.807, 2.05) is 32.0 Å². The standard InChI is InChI=1S/C17H25ClN2O/c1-13(2)10-20-11-14-6-5-7-15(18)16(14)21-9-8-17(3,4)12-19/h5-7,13,20H,8-11H2,1-4H3. The van der Waals surface area contributed by atoms with Gasteiger partial charge in [-0.2, -0.15) is 5.26 Å². The Labute approximate surface area is 133 Å². The largest absolute Gasteiger partial charge is 0.492 e. The molecule has 116 valence electrons. The molecule has 0 aliphatic heterocycles. The molecule has 0 aromatic heterocycles. The first-order valence-corrected chi connectivity index (χ1v) is 7.75. The van der Waals surface area contributed by atoms with Crippen molar-refractivity contribution in [2.45, 2.75) is 40.7 Å². The SMILES string of the molecule is CC(C)CNCc1cccc(Cl)c1OCCC(C)(C)C#N. The van der Waals surface area contributed by atoms with Gasteiger partial charge in [0, 0.05) is 12.1 Å². The first-order valence-electron chi connectivity index (χ1n) is 7.38. The summed E-state index contributed by atoms with van der Waals surface area (Å²) in [5.41, 5.74) is 0.676. The van der Waals surface area contributed by atoms with Gasteiger partial charge in [-0.25, -0.2) is 0 Å². The molecule has 0 saturated carbocycles. The Hall–Kier alpha value is -1.24. The maximum atomic E-state index is 9.03. The van der Waals surface area contributed by atoms with E-state index in [1.165, 1.54) is 0 Å². The summed E-state index contributed by atoms with van der Waals surface area (Å²) in [5.74, 6) is 1.33. The molecule has 0 spiro atoms. The van der Waals surface area contributed by atoms with Crippen LogP contribution in [0.5, 0.6) is 5.75 Å². The summed E-state index contributed by atoms with van der Waals surface area (Å²) in [4.78, 5) is 0. The minimum atomic E-state index is -0.378. The zero-order valence-corrected chi connectivity index (χ0v) is 14.1. The fourth-order valence-corrected chi connectivity index (χ4v) is 2.06. The zero-order chi connectivity index (χ0) is 15.9. The molecule has 4 heteroatoms. The lowest BCUT2D eigenvalue weighted by Gasteiger charge is -2.18. The highest BCUT2D eigenvalue weighted by atomic mass is 35.5. The van der Waals surface area contributed by atoms with Gasteiger partial charge in [0.2, 0.25) is 0 Å². The number of benzene rings is 1. The van der Waals surface area contributed by atoms with Crippen molar-refractivity contribution in [2.24, 2.45) is 11.3 Å². The van der Waals surface area contributed by atoms with Crippen LogP contribution in [-0.2, 0) is 6.54 Å². The van der Waals surface area contributed by atoms with Crippen LogP contribution >= 0.6 is 11.6 Å². The van der Waals surface area contributed by atoms with Crippen LogP contribution < -0.4 is 10.1 Å². The zero-order valence-electron chi connectivity index (χ0n) is 13.4. The molecule has 0 bridgehead atoms. The average Bonchev–Trinajstić information content (AvgIpc) is 2.41. The molecule has 0 aliphatic carbocycles. The normalized spacial score (nSPS) is 11.5. The fraction of sp³-hybridized carbons (Fsp3) is 0.588. The summed E-state index contributed by atoms with van der Waals surface area (Å²) in [6, 6.07) is 8.06. The summed E-state index contributed by atoms with van der Waals surface area (Å²) >= 11 is 6.24. The molecule has 0 unspecified atom stereocenters. The topological polar surface area (TPSA) is 45.0 Å². The Bertz CT molecular complexity index is 492. The Morgan fingerprint density at radius 3 is 2.71 bits per heavy atom. The first kappa shape index (κ1) is 17.8. The number of hydrogen-bond acceptors (Lipinski definition) is 3. The Kier molecular flexibility index (Phi) is 7.01. The van der Waals surface area contributed by atoms with E-state index in [9.17, 15) is 0 Å². The van der Waals surface area contributed by atoms with Crippen LogP contribution in [0.4, 0.5) is 0 Å². The number of hydrogen-bond donors (Lipinski definition) is 1. The molecule has 3 nitrogen and oxygen atoms in total. The van der Waals surface area contributed by atoms with Gasteiger partial charge in [0.05, 0.1) is 23.1 Å². The molecule has 0 saturated heterocycles. The minimum absolute atomic E-state index is 0.378. The van der Waals surface area contributed by atoms with Crippen molar-refractivity contribution in [3.05, 3.63) is 28.8 Å². The molecule has 0 heterocycles. The van der Waals surface area contributed by atoms with Gasteiger partial charge >= 0.3 is 0 Å². The number of ether oxygens (including phenoxy) is 1. The molecular formula is C17H25ClN2O. The number of halogens is 1. The third-order valence-corrected chi connectivity index (χ3v) is 3.49. The molecule has 1 aromatic rings. The summed E-state index contributed by atoms with van der Waals surface area (Å²) in [5, 5.41) is 13.0. The molecule has 0 amide bonds. The van der Waals surface area contributed by atoms with E-state index in [1.54, 1.807) is 0 Å². The summed E-state index contributed by atoms with van der Waals surface area (Å²) in [6.45, 7) is 10.3. The molecule has 0 atom stereocenters. The van der Waals surface area contributed by atoms with E-state index in [0.717, 1.165) is 24.4 Å². The van der Waals surface area contributed by atoms with Crippen molar-refractivity contribution < 1.29 is 4.74 Å². The Morgan fingerprint density at radius 1 is 1.38 bits per heavy atom. The average molecular weight is 309 g/mol. The summed E-state index contributed by atoms with van der Waals surface area (Å²) in [7, 11) is 0. The molecule has 0 aliphatic rings. The maximum absolute atomic E-state index is 9.03. The van der Waals surface area contributed by atoms with E-state index in [-0.39, 0.29) is 5.41 Å².